The molecule has 1 aromatic heterocycles. The van der Waals surface area contributed by atoms with E-state index in [0.29, 0.717) is 29.4 Å². The van der Waals surface area contributed by atoms with Gasteiger partial charge in [0.25, 0.3) is 5.91 Å². The number of hydrogen-bond acceptors (Lipinski definition) is 7. The number of hydrogen-bond donors (Lipinski definition) is 1. The molecule has 2 rings (SSSR count). The summed E-state index contributed by atoms with van der Waals surface area (Å²) in [6, 6.07) is 5.20. The minimum atomic E-state index is -0.654. The number of esters is 1. The maximum atomic E-state index is 11.7. The summed E-state index contributed by atoms with van der Waals surface area (Å²) in [5.41, 5.74) is 2.35. The Bertz CT molecular complexity index is 920. The van der Waals surface area contributed by atoms with E-state index >= 15 is 0 Å². The molecule has 8 heteroatoms. The van der Waals surface area contributed by atoms with E-state index in [1.54, 1.807) is 24.3 Å². The largest absolute Gasteiger partial charge is 0.493 e. The number of methoxy groups -OCH3 is 1. The number of carbonyl (C=O) groups is 2. The van der Waals surface area contributed by atoms with Gasteiger partial charge >= 0.3 is 5.97 Å². The Morgan fingerprint density at radius 3 is 2.76 bits per heavy atom. The number of carbonyl (C=O) groups excluding carboxylic acids is 2. The van der Waals surface area contributed by atoms with Crippen LogP contribution in [0.1, 0.15) is 22.6 Å². The molecule has 0 spiro atoms. The van der Waals surface area contributed by atoms with Gasteiger partial charge in [-0.3, -0.25) is 4.79 Å². The minimum absolute atomic E-state index is 0.0800. The minimum Gasteiger partial charge on any atom is -0.493 e. The van der Waals surface area contributed by atoms with E-state index in [4.69, 9.17) is 25.2 Å². The molecular weight excluding hydrogens is 376 g/mol. The molecule has 1 N–H and O–H groups in total. The van der Waals surface area contributed by atoms with Gasteiger partial charge in [0.05, 0.1) is 24.9 Å². The van der Waals surface area contributed by atoms with Crippen molar-refractivity contribution in [3.05, 3.63) is 46.9 Å². The summed E-state index contributed by atoms with van der Waals surface area (Å²) in [7, 11) is 1.52. The van der Waals surface area contributed by atoms with Gasteiger partial charge in [-0.05, 0) is 37.6 Å². The predicted molar refractivity (Wildman–Crippen MR) is 105 cm³/mol. The Morgan fingerprint density at radius 1 is 1.31 bits per heavy atom. The van der Waals surface area contributed by atoms with Crippen LogP contribution in [0.25, 0.3) is 6.08 Å². The van der Waals surface area contributed by atoms with Gasteiger partial charge in [0.1, 0.15) is 12.4 Å². The summed E-state index contributed by atoms with van der Waals surface area (Å²) in [5.74, 6) is 2.88. The fourth-order valence-electron chi connectivity index (χ4n) is 2.31. The smallest absolute Gasteiger partial charge is 0.331 e. The molecule has 0 bridgehead atoms. The third-order valence-electron chi connectivity index (χ3n) is 3.89. The van der Waals surface area contributed by atoms with Crippen LogP contribution in [-0.2, 0) is 20.9 Å². The molecule has 8 nitrogen and oxygen atoms in total. The van der Waals surface area contributed by atoms with Crippen molar-refractivity contribution >= 4 is 18.0 Å². The molecule has 1 amide bonds. The molecule has 0 aliphatic rings. The van der Waals surface area contributed by atoms with Crippen molar-refractivity contribution in [2.24, 2.45) is 0 Å². The number of ether oxygens (including phenoxy) is 3. The highest BCUT2D eigenvalue weighted by atomic mass is 16.5. The van der Waals surface area contributed by atoms with Crippen LogP contribution in [0.3, 0.4) is 0 Å². The van der Waals surface area contributed by atoms with Gasteiger partial charge in [-0.25, -0.2) is 4.79 Å². The molecule has 2 aromatic rings. The van der Waals surface area contributed by atoms with E-state index < -0.39 is 18.5 Å². The molecule has 29 heavy (non-hydrogen) atoms. The summed E-state index contributed by atoms with van der Waals surface area (Å²) in [5, 5.41) is 6.29. The fourth-order valence-corrected chi connectivity index (χ4v) is 2.31. The predicted octanol–water partition coefficient (Wildman–Crippen LogP) is 2.18. The van der Waals surface area contributed by atoms with E-state index in [0.717, 1.165) is 11.3 Å². The van der Waals surface area contributed by atoms with E-state index in [1.165, 1.54) is 13.2 Å². The van der Waals surface area contributed by atoms with Crippen molar-refractivity contribution in [2.45, 2.75) is 20.5 Å². The lowest BCUT2D eigenvalue weighted by molar-refractivity contribution is -0.143. The van der Waals surface area contributed by atoms with Gasteiger partial charge in [-0.1, -0.05) is 17.1 Å². The summed E-state index contributed by atoms with van der Waals surface area (Å²) in [6.45, 7) is 3.64. The lowest BCUT2D eigenvalue weighted by Crippen LogP contribution is -2.28. The molecule has 0 fully saturated rings. The molecule has 0 aliphatic carbocycles. The van der Waals surface area contributed by atoms with E-state index in [1.807, 2.05) is 13.8 Å². The third kappa shape index (κ3) is 6.43. The first kappa shape index (κ1) is 21.6. The first-order chi connectivity index (χ1) is 13.9. The molecule has 0 radical (unpaired) electrons. The zero-order chi connectivity index (χ0) is 21.2. The highest BCUT2D eigenvalue weighted by Crippen LogP contribution is 2.30. The molecule has 0 aliphatic heterocycles. The lowest BCUT2D eigenvalue weighted by Gasteiger charge is -2.11. The normalized spacial score (nSPS) is 10.4. The number of benzene rings is 1. The van der Waals surface area contributed by atoms with E-state index in [2.05, 4.69) is 16.4 Å². The summed E-state index contributed by atoms with van der Waals surface area (Å²) < 4.78 is 21.1. The van der Waals surface area contributed by atoms with Crippen molar-refractivity contribution in [1.82, 2.24) is 10.5 Å². The number of rotatable bonds is 9. The van der Waals surface area contributed by atoms with Gasteiger partial charge in [-0.15, -0.1) is 6.42 Å². The third-order valence-corrected chi connectivity index (χ3v) is 3.89. The van der Waals surface area contributed by atoms with Gasteiger partial charge in [0, 0.05) is 6.08 Å². The first-order valence-electron chi connectivity index (χ1n) is 8.72. The van der Waals surface area contributed by atoms with Gasteiger partial charge in [0.2, 0.25) is 0 Å². The molecular formula is C21H22N2O6. The number of nitrogens with one attached hydrogen (secondary N) is 1. The number of aromatic nitrogens is 1. The summed E-state index contributed by atoms with van der Waals surface area (Å²) in [6.07, 6.45) is 7.79. The highest BCUT2D eigenvalue weighted by molar-refractivity contribution is 5.89. The van der Waals surface area contributed by atoms with Crippen LogP contribution in [0.2, 0.25) is 0 Å². The maximum absolute atomic E-state index is 11.7. The monoisotopic (exact) mass is 398 g/mol. The van der Waals surface area contributed by atoms with Crippen molar-refractivity contribution in [3.8, 4) is 23.8 Å². The number of terminal acetylenes is 1. The number of nitrogens with zero attached hydrogens (tertiary/aromatic N) is 1. The SMILES string of the molecule is C#CCNC(=O)COC(=O)/C=C/c1ccc(OCc2c(C)noc2C)c(OC)c1. The Kier molecular flexibility index (Phi) is 7.86. The van der Waals surface area contributed by atoms with Crippen molar-refractivity contribution < 1.29 is 28.3 Å². The van der Waals surface area contributed by atoms with E-state index in [-0.39, 0.29) is 6.54 Å². The molecule has 0 saturated heterocycles. The topological polar surface area (TPSA) is 99.9 Å². The van der Waals surface area contributed by atoms with Crippen LogP contribution in [-0.4, -0.2) is 37.3 Å². The molecule has 1 aromatic carbocycles. The molecule has 1 heterocycles. The van der Waals surface area contributed by atoms with E-state index in [9.17, 15) is 9.59 Å². The van der Waals surface area contributed by atoms with Crippen molar-refractivity contribution in [2.75, 3.05) is 20.3 Å². The Labute approximate surface area is 168 Å². The summed E-state index contributed by atoms with van der Waals surface area (Å²) >= 11 is 0. The molecule has 0 saturated carbocycles. The second kappa shape index (κ2) is 10.6. The standard InChI is InChI=1S/C21H22N2O6/c1-5-10-22-20(24)13-28-21(25)9-7-16-6-8-18(19(11-16)26-4)27-12-17-14(2)23-29-15(17)3/h1,6-9,11H,10,12-13H2,2-4H3,(H,22,24)/b9-7+. The van der Waals surface area contributed by atoms with Crippen LogP contribution >= 0.6 is 0 Å². The van der Waals surface area contributed by atoms with Crippen LogP contribution in [0, 0.1) is 26.2 Å². The number of aryl methyl sites for hydroxylation is 2. The molecule has 0 atom stereocenters. The average Bonchev–Trinajstić information content (AvgIpc) is 3.05. The van der Waals surface area contributed by atoms with Crippen LogP contribution < -0.4 is 14.8 Å². The maximum Gasteiger partial charge on any atom is 0.331 e. The van der Waals surface area contributed by atoms with Gasteiger partial charge in [0.15, 0.2) is 18.1 Å². The Hall–Kier alpha value is -3.73. The van der Waals surface area contributed by atoms with Gasteiger partial charge in [-0.2, -0.15) is 0 Å². The average molecular weight is 398 g/mol. The molecule has 152 valence electrons. The zero-order valence-corrected chi connectivity index (χ0v) is 16.5. The number of amides is 1. The van der Waals surface area contributed by atoms with Gasteiger partial charge < -0.3 is 24.1 Å². The zero-order valence-electron chi connectivity index (χ0n) is 16.5. The van der Waals surface area contributed by atoms with Crippen LogP contribution in [0.15, 0.2) is 28.8 Å². The highest BCUT2D eigenvalue weighted by Gasteiger charge is 2.12. The molecule has 0 unspecified atom stereocenters. The van der Waals surface area contributed by atoms with Crippen molar-refractivity contribution in [3.63, 3.8) is 0 Å². The van der Waals surface area contributed by atoms with Crippen LogP contribution in [0.5, 0.6) is 11.5 Å². The Morgan fingerprint density at radius 2 is 2.10 bits per heavy atom. The fraction of sp³-hybridized carbons (Fsp3) is 0.286. The lowest BCUT2D eigenvalue weighted by atomic mass is 10.2. The second-order valence-corrected chi connectivity index (χ2v) is 5.92. The quantitative estimate of drug-likeness (QED) is 0.393. The second-order valence-electron chi connectivity index (χ2n) is 5.92. The van der Waals surface area contributed by atoms with Crippen LogP contribution in [0.4, 0.5) is 0 Å². The first-order valence-corrected chi connectivity index (χ1v) is 8.72. The summed E-state index contributed by atoms with van der Waals surface area (Å²) in [4.78, 5) is 23.1. The van der Waals surface area contributed by atoms with Crippen molar-refractivity contribution in [1.29, 1.82) is 0 Å². The Balaban J connectivity index is 1.95.